The Bertz CT molecular complexity index is 465. The lowest BCUT2D eigenvalue weighted by atomic mass is 10.1. The number of benzene rings is 1. The zero-order valence-electron chi connectivity index (χ0n) is 10.3. The van der Waals surface area contributed by atoms with Gasteiger partial charge in [0.2, 0.25) is 6.79 Å². The molecule has 1 aromatic rings. The number of anilines is 1. The molecule has 90 valence electrons. The topological polar surface area (TPSA) is 21.7 Å². The molecule has 0 saturated carbocycles. The maximum Gasteiger partial charge on any atom is 0.231 e. The second kappa shape index (κ2) is 4.53. The molecular weight excluding hydrogens is 214 g/mol. The van der Waals surface area contributed by atoms with Crippen LogP contribution in [0.4, 0.5) is 5.69 Å². The summed E-state index contributed by atoms with van der Waals surface area (Å²) in [6, 6.07) is 5.92. The van der Waals surface area contributed by atoms with Crippen LogP contribution in [0.15, 0.2) is 42.5 Å². The van der Waals surface area contributed by atoms with Gasteiger partial charge in [-0.2, -0.15) is 0 Å². The highest BCUT2D eigenvalue weighted by Gasteiger charge is 2.14. The molecule has 0 saturated heterocycles. The number of rotatable bonds is 4. The highest BCUT2D eigenvalue weighted by Crippen LogP contribution is 2.35. The minimum absolute atomic E-state index is 0.307. The van der Waals surface area contributed by atoms with Crippen LogP contribution in [0.3, 0.4) is 0 Å². The summed E-state index contributed by atoms with van der Waals surface area (Å²) >= 11 is 0. The molecule has 0 spiro atoms. The summed E-state index contributed by atoms with van der Waals surface area (Å²) in [7, 11) is 2.02. The SMILES string of the molecule is C=C(C)C(=C)CN(C)c1ccc2c(c1)OCO2. The van der Waals surface area contributed by atoms with Crippen LogP contribution in [-0.2, 0) is 0 Å². The first-order chi connectivity index (χ1) is 8.08. The fourth-order valence-electron chi connectivity index (χ4n) is 1.64. The van der Waals surface area contributed by atoms with Gasteiger partial charge >= 0.3 is 0 Å². The van der Waals surface area contributed by atoms with E-state index in [1.807, 2.05) is 32.2 Å². The quantitative estimate of drug-likeness (QED) is 0.743. The lowest BCUT2D eigenvalue weighted by Gasteiger charge is -2.21. The normalized spacial score (nSPS) is 12.4. The van der Waals surface area contributed by atoms with Gasteiger partial charge in [-0.25, -0.2) is 0 Å². The molecule has 1 heterocycles. The summed E-state index contributed by atoms with van der Waals surface area (Å²) in [5.41, 5.74) is 3.12. The van der Waals surface area contributed by atoms with E-state index in [2.05, 4.69) is 18.1 Å². The molecule has 3 nitrogen and oxygen atoms in total. The Morgan fingerprint density at radius 3 is 2.71 bits per heavy atom. The first-order valence-corrected chi connectivity index (χ1v) is 5.52. The van der Waals surface area contributed by atoms with E-state index in [1.165, 1.54) is 0 Å². The molecule has 0 fully saturated rings. The van der Waals surface area contributed by atoms with Crippen molar-refractivity contribution in [2.75, 3.05) is 25.3 Å². The molecule has 2 rings (SSSR count). The summed E-state index contributed by atoms with van der Waals surface area (Å²) in [6.07, 6.45) is 0. The largest absolute Gasteiger partial charge is 0.454 e. The summed E-state index contributed by atoms with van der Waals surface area (Å²) in [5, 5.41) is 0. The van der Waals surface area contributed by atoms with Gasteiger partial charge in [0, 0.05) is 25.3 Å². The summed E-state index contributed by atoms with van der Waals surface area (Å²) in [6.45, 7) is 10.9. The molecule has 0 unspecified atom stereocenters. The van der Waals surface area contributed by atoms with Gasteiger partial charge in [0.1, 0.15) is 0 Å². The lowest BCUT2D eigenvalue weighted by Crippen LogP contribution is -2.19. The molecular formula is C14H17NO2. The second-order valence-electron chi connectivity index (χ2n) is 4.28. The van der Waals surface area contributed by atoms with Crippen LogP contribution in [0.5, 0.6) is 11.5 Å². The van der Waals surface area contributed by atoms with E-state index >= 15 is 0 Å². The van der Waals surface area contributed by atoms with Crippen molar-refractivity contribution in [2.45, 2.75) is 6.92 Å². The Morgan fingerprint density at radius 2 is 2.00 bits per heavy atom. The number of hydrogen-bond donors (Lipinski definition) is 0. The summed E-state index contributed by atoms with van der Waals surface area (Å²) < 4.78 is 10.6. The number of nitrogens with zero attached hydrogens (tertiary/aromatic N) is 1. The Labute approximate surface area is 102 Å². The Balaban J connectivity index is 2.12. The van der Waals surface area contributed by atoms with E-state index in [4.69, 9.17) is 9.47 Å². The predicted molar refractivity (Wildman–Crippen MR) is 69.8 cm³/mol. The zero-order valence-corrected chi connectivity index (χ0v) is 10.3. The second-order valence-corrected chi connectivity index (χ2v) is 4.28. The zero-order chi connectivity index (χ0) is 12.4. The maximum absolute atomic E-state index is 5.35. The lowest BCUT2D eigenvalue weighted by molar-refractivity contribution is 0.174. The van der Waals surface area contributed by atoms with Crippen LogP contribution >= 0.6 is 0 Å². The predicted octanol–water partition coefficient (Wildman–Crippen LogP) is 2.98. The maximum atomic E-state index is 5.35. The van der Waals surface area contributed by atoms with Crippen LogP contribution in [-0.4, -0.2) is 20.4 Å². The molecule has 17 heavy (non-hydrogen) atoms. The number of likely N-dealkylation sites (N-methyl/N-ethyl adjacent to an activating group) is 1. The van der Waals surface area contributed by atoms with Crippen molar-refractivity contribution in [1.29, 1.82) is 0 Å². The highest BCUT2D eigenvalue weighted by atomic mass is 16.7. The van der Waals surface area contributed by atoms with Gasteiger partial charge in [-0.15, -0.1) is 0 Å². The molecule has 0 N–H and O–H groups in total. The number of fused-ring (bicyclic) bond motifs is 1. The van der Waals surface area contributed by atoms with E-state index in [0.29, 0.717) is 6.79 Å². The molecule has 0 aromatic heterocycles. The third kappa shape index (κ3) is 2.44. The van der Waals surface area contributed by atoms with Crippen molar-refractivity contribution in [1.82, 2.24) is 0 Å². The Morgan fingerprint density at radius 1 is 1.29 bits per heavy atom. The minimum atomic E-state index is 0.307. The van der Waals surface area contributed by atoms with Gasteiger partial charge in [0.25, 0.3) is 0 Å². The first-order valence-electron chi connectivity index (χ1n) is 5.52. The highest BCUT2D eigenvalue weighted by molar-refractivity contribution is 5.57. The van der Waals surface area contributed by atoms with Crippen molar-refractivity contribution in [3.05, 3.63) is 42.5 Å². The van der Waals surface area contributed by atoms with Crippen LogP contribution in [0.25, 0.3) is 0 Å². The van der Waals surface area contributed by atoms with Gasteiger partial charge < -0.3 is 14.4 Å². The third-order valence-corrected chi connectivity index (χ3v) is 2.83. The van der Waals surface area contributed by atoms with Gasteiger partial charge in [-0.1, -0.05) is 18.7 Å². The van der Waals surface area contributed by atoms with Crippen molar-refractivity contribution in [3.63, 3.8) is 0 Å². The van der Waals surface area contributed by atoms with Crippen LogP contribution in [0, 0.1) is 0 Å². The van der Waals surface area contributed by atoms with Crippen LogP contribution in [0.1, 0.15) is 6.92 Å². The molecule has 1 aliphatic heterocycles. The molecule has 0 radical (unpaired) electrons. The van der Waals surface area contributed by atoms with E-state index in [9.17, 15) is 0 Å². The van der Waals surface area contributed by atoms with E-state index < -0.39 is 0 Å². The van der Waals surface area contributed by atoms with Gasteiger partial charge in [0.05, 0.1) is 0 Å². The fraction of sp³-hybridized carbons (Fsp3) is 0.286. The van der Waals surface area contributed by atoms with Gasteiger partial charge in [-0.05, 0) is 24.6 Å². The standard InChI is InChI=1S/C14H17NO2/c1-10(2)11(3)8-15(4)12-5-6-13-14(7-12)17-9-16-13/h5-7H,1,3,8-9H2,2,4H3. The molecule has 0 amide bonds. The molecule has 0 bridgehead atoms. The van der Waals surface area contributed by atoms with Gasteiger partial charge in [0.15, 0.2) is 11.5 Å². The van der Waals surface area contributed by atoms with Crippen molar-refractivity contribution in [3.8, 4) is 11.5 Å². The van der Waals surface area contributed by atoms with Crippen molar-refractivity contribution >= 4 is 5.69 Å². The molecule has 0 atom stereocenters. The fourth-order valence-corrected chi connectivity index (χ4v) is 1.64. The third-order valence-electron chi connectivity index (χ3n) is 2.83. The van der Waals surface area contributed by atoms with Crippen LogP contribution < -0.4 is 14.4 Å². The Hall–Kier alpha value is -1.90. The Kier molecular flexibility index (Phi) is 3.09. The molecule has 0 aliphatic carbocycles. The van der Waals surface area contributed by atoms with Crippen molar-refractivity contribution in [2.24, 2.45) is 0 Å². The molecule has 1 aliphatic rings. The van der Waals surface area contributed by atoms with Crippen LogP contribution in [0.2, 0.25) is 0 Å². The first kappa shape index (κ1) is 11.6. The smallest absolute Gasteiger partial charge is 0.231 e. The van der Waals surface area contributed by atoms with Crippen molar-refractivity contribution < 1.29 is 9.47 Å². The number of ether oxygens (including phenoxy) is 2. The summed E-state index contributed by atoms with van der Waals surface area (Å²) in [5.74, 6) is 1.61. The molecule has 3 heteroatoms. The average Bonchev–Trinajstić information content (AvgIpc) is 2.75. The van der Waals surface area contributed by atoms with Gasteiger partial charge in [-0.3, -0.25) is 0 Å². The van der Waals surface area contributed by atoms with E-state index in [-0.39, 0.29) is 0 Å². The molecule has 1 aromatic carbocycles. The minimum Gasteiger partial charge on any atom is -0.454 e. The van der Waals surface area contributed by atoms with E-state index in [1.54, 1.807) is 0 Å². The summed E-state index contributed by atoms with van der Waals surface area (Å²) in [4.78, 5) is 2.11. The average molecular weight is 231 g/mol. The van der Waals surface area contributed by atoms with E-state index in [0.717, 1.165) is 34.9 Å². The number of hydrogen-bond acceptors (Lipinski definition) is 3. The monoisotopic (exact) mass is 231 g/mol.